The van der Waals surface area contributed by atoms with Crippen LogP contribution in [0.25, 0.3) is 0 Å². The van der Waals surface area contributed by atoms with E-state index in [0.29, 0.717) is 5.92 Å². The lowest BCUT2D eigenvalue weighted by molar-refractivity contribution is 0.122. The van der Waals surface area contributed by atoms with Gasteiger partial charge in [0.15, 0.2) is 0 Å². The summed E-state index contributed by atoms with van der Waals surface area (Å²) in [7, 11) is 2.65. The molecule has 0 aromatic carbocycles. The Kier molecular flexibility index (Phi) is 22.6. The Morgan fingerprint density at radius 1 is 0.645 bits per heavy atom. The van der Waals surface area contributed by atoms with E-state index in [1.54, 1.807) is 21.3 Å². The molecule has 0 aromatic heterocycles. The first kappa shape index (κ1) is 33.5. The highest BCUT2D eigenvalue weighted by Crippen LogP contribution is 2.34. The average Bonchev–Trinajstić information content (AvgIpc) is 2.72. The van der Waals surface area contributed by atoms with E-state index in [-0.39, 0.29) is 11.0 Å². The van der Waals surface area contributed by atoms with Gasteiger partial charge >= 0.3 is 8.80 Å². The Hall–Kier alpha value is 0.347. The number of halogens is 1. The molecule has 0 aromatic rings. The van der Waals surface area contributed by atoms with Gasteiger partial charge in [0.05, 0.1) is 0 Å². The van der Waals surface area contributed by atoms with Crippen LogP contribution in [0.2, 0.25) is 6.04 Å². The predicted molar refractivity (Wildman–Crippen MR) is 140 cm³/mol. The van der Waals surface area contributed by atoms with Crippen LogP contribution in [0.1, 0.15) is 124 Å². The van der Waals surface area contributed by atoms with E-state index in [2.05, 4.69) is 20.8 Å². The second-order valence-electron chi connectivity index (χ2n) is 9.48. The molecule has 1 atom stereocenters. The third-order valence-electron chi connectivity index (χ3n) is 6.60. The van der Waals surface area contributed by atoms with Crippen molar-refractivity contribution in [3.8, 4) is 0 Å². The minimum atomic E-state index is -2.43. The van der Waals surface area contributed by atoms with Gasteiger partial charge in [-0.05, 0) is 39.0 Å². The van der Waals surface area contributed by atoms with Gasteiger partial charge < -0.3 is 19.4 Å². The van der Waals surface area contributed by atoms with Crippen molar-refractivity contribution in [3.05, 3.63) is 0 Å². The molecule has 0 heterocycles. The zero-order valence-corrected chi connectivity index (χ0v) is 23.7. The molecule has 0 bridgehead atoms. The van der Waals surface area contributed by atoms with Crippen LogP contribution in [0.4, 0.5) is 0 Å². The van der Waals surface area contributed by atoms with Gasteiger partial charge in [0.25, 0.3) is 0 Å². The fraction of sp³-hybridized carbons (Fsp3) is 1.00. The summed E-state index contributed by atoms with van der Waals surface area (Å²) in [4.78, 5) is -0.129. The van der Waals surface area contributed by atoms with Crippen LogP contribution in [0.3, 0.4) is 0 Å². The highest BCUT2D eigenvalue weighted by atomic mass is 35.5. The van der Waals surface area contributed by atoms with Crippen molar-refractivity contribution in [2.45, 2.75) is 134 Å². The highest BCUT2D eigenvalue weighted by molar-refractivity contribution is 6.60. The standard InChI is InChI=1S/C25H53ClO3Si.H3N/c1-7-8-9-10-11-12-13-14-15-16-17-18-21-24(25(2,3)26)22-19-20-23-30(27-4,28-5)29-6;/h24H,7-23H2,1-6H3;1H3. The van der Waals surface area contributed by atoms with Crippen molar-refractivity contribution in [2.24, 2.45) is 5.92 Å². The molecule has 3 N–H and O–H groups in total. The van der Waals surface area contributed by atoms with Crippen molar-refractivity contribution in [2.75, 3.05) is 21.3 Å². The fourth-order valence-corrected chi connectivity index (χ4v) is 6.36. The van der Waals surface area contributed by atoms with Gasteiger partial charge in [-0.2, -0.15) is 0 Å². The molecule has 0 radical (unpaired) electrons. The summed E-state index contributed by atoms with van der Waals surface area (Å²) in [5.74, 6) is 0.575. The summed E-state index contributed by atoms with van der Waals surface area (Å²) in [6, 6.07) is 0.880. The largest absolute Gasteiger partial charge is 0.500 e. The van der Waals surface area contributed by atoms with Gasteiger partial charge in [-0.1, -0.05) is 90.4 Å². The van der Waals surface area contributed by atoms with E-state index in [1.807, 2.05) is 0 Å². The minimum absolute atomic E-state index is 0. The first-order valence-corrected chi connectivity index (χ1v) is 15.0. The van der Waals surface area contributed by atoms with Crippen LogP contribution in [-0.4, -0.2) is 35.0 Å². The van der Waals surface area contributed by atoms with Gasteiger partial charge in [-0.3, -0.25) is 0 Å². The van der Waals surface area contributed by atoms with Gasteiger partial charge in [-0.15, -0.1) is 11.6 Å². The Balaban J connectivity index is 0. The SMILES string of the molecule is CCCCCCCCCCCCCCC(CCCC[Si](OC)(OC)OC)C(C)(C)Cl.N. The van der Waals surface area contributed by atoms with Crippen LogP contribution in [-0.2, 0) is 13.3 Å². The molecular formula is C25H56ClNO3Si. The summed E-state index contributed by atoms with van der Waals surface area (Å²) in [6.07, 6.45) is 21.5. The van der Waals surface area contributed by atoms with E-state index in [4.69, 9.17) is 24.9 Å². The Bertz CT molecular complexity index is 368. The second kappa shape index (κ2) is 20.9. The molecular weight excluding hydrogens is 426 g/mol. The predicted octanol–water partition coefficient (Wildman–Crippen LogP) is 8.92. The summed E-state index contributed by atoms with van der Waals surface area (Å²) in [6.45, 7) is 6.64. The smallest absolute Gasteiger partial charge is 0.377 e. The maximum atomic E-state index is 6.73. The van der Waals surface area contributed by atoms with Gasteiger partial charge in [-0.25, -0.2) is 0 Å². The molecule has 190 valence electrons. The quantitative estimate of drug-likeness (QED) is 0.0951. The van der Waals surface area contributed by atoms with E-state index in [9.17, 15) is 0 Å². The topological polar surface area (TPSA) is 62.7 Å². The average molecular weight is 482 g/mol. The molecule has 0 fully saturated rings. The third-order valence-corrected chi connectivity index (χ3v) is 9.74. The van der Waals surface area contributed by atoms with E-state index in [1.165, 1.54) is 89.9 Å². The summed E-state index contributed by atoms with van der Waals surface area (Å²) < 4.78 is 16.6. The summed E-state index contributed by atoms with van der Waals surface area (Å²) >= 11 is 6.73. The molecule has 4 nitrogen and oxygen atoms in total. The lowest BCUT2D eigenvalue weighted by Gasteiger charge is -2.29. The molecule has 0 spiro atoms. The number of rotatable bonds is 22. The molecule has 0 saturated carbocycles. The molecule has 6 heteroatoms. The van der Waals surface area contributed by atoms with E-state index in [0.717, 1.165) is 18.9 Å². The van der Waals surface area contributed by atoms with Crippen LogP contribution >= 0.6 is 11.6 Å². The zero-order chi connectivity index (χ0) is 22.7. The molecule has 0 amide bonds. The zero-order valence-electron chi connectivity index (χ0n) is 21.9. The minimum Gasteiger partial charge on any atom is -0.377 e. The third kappa shape index (κ3) is 17.5. The molecule has 0 aliphatic carbocycles. The normalized spacial score (nSPS) is 13.3. The lowest BCUT2D eigenvalue weighted by atomic mass is 9.85. The van der Waals surface area contributed by atoms with E-state index < -0.39 is 8.80 Å². The van der Waals surface area contributed by atoms with Gasteiger partial charge in [0.1, 0.15) is 0 Å². The number of alkyl halides is 1. The van der Waals surface area contributed by atoms with Crippen molar-refractivity contribution >= 4 is 20.4 Å². The molecule has 0 rings (SSSR count). The molecule has 1 unspecified atom stereocenters. The van der Waals surface area contributed by atoms with E-state index >= 15 is 0 Å². The summed E-state index contributed by atoms with van der Waals surface area (Å²) in [5.41, 5.74) is 0. The van der Waals surface area contributed by atoms with Crippen LogP contribution in [0.5, 0.6) is 0 Å². The van der Waals surface area contributed by atoms with Crippen molar-refractivity contribution in [1.29, 1.82) is 0 Å². The second-order valence-corrected chi connectivity index (χ2v) is 13.5. The van der Waals surface area contributed by atoms with Crippen molar-refractivity contribution in [3.63, 3.8) is 0 Å². The fourth-order valence-electron chi connectivity index (χ4n) is 4.35. The molecule has 31 heavy (non-hydrogen) atoms. The maximum Gasteiger partial charge on any atom is 0.500 e. The monoisotopic (exact) mass is 481 g/mol. The Labute approximate surface area is 201 Å². The van der Waals surface area contributed by atoms with Crippen LogP contribution < -0.4 is 6.15 Å². The first-order chi connectivity index (χ1) is 14.3. The Morgan fingerprint density at radius 3 is 1.35 bits per heavy atom. The molecule has 0 aliphatic rings. The van der Waals surface area contributed by atoms with Gasteiger partial charge in [0.2, 0.25) is 0 Å². The van der Waals surface area contributed by atoms with Gasteiger partial charge in [0, 0.05) is 32.2 Å². The van der Waals surface area contributed by atoms with Crippen molar-refractivity contribution in [1.82, 2.24) is 6.15 Å². The number of hydrogen-bond donors (Lipinski definition) is 1. The maximum absolute atomic E-state index is 6.73. The molecule has 0 saturated heterocycles. The van der Waals surface area contributed by atoms with Crippen LogP contribution in [0.15, 0.2) is 0 Å². The summed E-state index contributed by atoms with van der Waals surface area (Å²) in [5, 5.41) is 0. The highest BCUT2D eigenvalue weighted by Gasteiger charge is 2.37. The molecule has 0 aliphatic heterocycles. The Morgan fingerprint density at radius 2 is 1.00 bits per heavy atom. The number of unbranched alkanes of at least 4 members (excludes halogenated alkanes) is 12. The van der Waals surface area contributed by atoms with Crippen molar-refractivity contribution < 1.29 is 13.3 Å². The lowest BCUT2D eigenvalue weighted by Crippen LogP contribution is -2.42. The first-order valence-electron chi connectivity index (χ1n) is 12.7. The number of hydrogen-bond acceptors (Lipinski definition) is 4. The van der Waals surface area contributed by atoms with Crippen LogP contribution in [0, 0.1) is 5.92 Å².